The van der Waals surface area contributed by atoms with Crippen LogP contribution in [0.4, 0.5) is 0 Å². The van der Waals surface area contributed by atoms with Gasteiger partial charge >= 0.3 is 0 Å². The molecular weight excluding hydrogens is 344 g/mol. The summed E-state index contributed by atoms with van der Waals surface area (Å²) >= 11 is 1.82. The molecule has 2 heterocycles. The number of likely N-dealkylation sites (tertiary alicyclic amines) is 1. The summed E-state index contributed by atoms with van der Waals surface area (Å²) in [5, 5.41) is 3.25. The number of nitrogens with zero attached hydrogens (tertiary/aromatic N) is 3. The monoisotopic (exact) mass is 376 g/mol. The van der Waals surface area contributed by atoms with E-state index in [1.54, 1.807) is 11.4 Å². The van der Waals surface area contributed by atoms with Gasteiger partial charge in [-0.15, -0.1) is 0 Å². The zero-order valence-electron chi connectivity index (χ0n) is 15.2. The molecule has 0 bridgehead atoms. The zero-order chi connectivity index (χ0) is 17.6. The van der Waals surface area contributed by atoms with Gasteiger partial charge in [0.05, 0.1) is 5.75 Å². The molecule has 2 fully saturated rings. The average molecular weight is 377 g/mol. The van der Waals surface area contributed by atoms with Crippen LogP contribution in [0.2, 0.25) is 0 Å². The molecule has 0 spiro atoms. The number of nitrogens with one attached hydrogen (secondary N) is 1. The van der Waals surface area contributed by atoms with Gasteiger partial charge in [0.1, 0.15) is 0 Å². The molecule has 0 saturated carbocycles. The highest BCUT2D eigenvalue weighted by Crippen LogP contribution is 2.23. The van der Waals surface area contributed by atoms with Gasteiger partial charge in [-0.05, 0) is 24.7 Å². The van der Waals surface area contributed by atoms with Gasteiger partial charge in [0, 0.05) is 51.3 Å². The first-order valence-electron chi connectivity index (χ1n) is 8.93. The second-order valence-corrected chi connectivity index (χ2v) is 10.3. The minimum Gasteiger partial charge on any atom is -0.355 e. The Morgan fingerprint density at radius 1 is 1.29 bits per heavy atom. The minimum absolute atomic E-state index is 0.139. The molecule has 2 rings (SSSR count). The Morgan fingerprint density at radius 3 is 2.62 bits per heavy atom. The largest absolute Gasteiger partial charge is 0.355 e. The molecule has 0 aromatic heterocycles. The van der Waals surface area contributed by atoms with Crippen molar-refractivity contribution < 1.29 is 8.42 Å². The average Bonchev–Trinajstić information content (AvgIpc) is 3.00. The Hall–Kier alpha value is -0.470. The summed E-state index contributed by atoms with van der Waals surface area (Å²) in [5.74, 6) is 4.22. The molecule has 6 nitrogen and oxygen atoms in total. The number of hydrogen-bond acceptors (Lipinski definition) is 4. The van der Waals surface area contributed by atoms with Crippen molar-refractivity contribution in [2.45, 2.75) is 26.7 Å². The summed E-state index contributed by atoms with van der Waals surface area (Å²) in [6, 6.07) is 0. The van der Waals surface area contributed by atoms with E-state index >= 15 is 0 Å². The number of hydrogen-bond donors (Lipinski definition) is 1. The minimum atomic E-state index is -3.15. The van der Waals surface area contributed by atoms with Crippen LogP contribution in [0.15, 0.2) is 4.99 Å². The highest BCUT2D eigenvalue weighted by molar-refractivity contribution is 7.99. The van der Waals surface area contributed by atoms with Gasteiger partial charge in [-0.1, -0.05) is 13.8 Å². The quantitative estimate of drug-likeness (QED) is 0.559. The van der Waals surface area contributed by atoms with E-state index in [9.17, 15) is 8.42 Å². The third-order valence-corrected chi connectivity index (χ3v) is 7.42. The van der Waals surface area contributed by atoms with Crippen LogP contribution in [0.5, 0.6) is 0 Å². The summed E-state index contributed by atoms with van der Waals surface area (Å²) in [5.41, 5.74) is 0. The second-order valence-electron chi connectivity index (χ2n) is 7.03. The highest BCUT2D eigenvalue weighted by atomic mass is 32.2. The van der Waals surface area contributed by atoms with Crippen molar-refractivity contribution in [3.05, 3.63) is 0 Å². The lowest BCUT2D eigenvalue weighted by molar-refractivity contribution is 0.404. The van der Waals surface area contributed by atoms with Crippen LogP contribution in [0.3, 0.4) is 0 Å². The lowest BCUT2D eigenvalue weighted by atomic mass is 9.97. The third-order valence-electron chi connectivity index (χ3n) is 4.61. The van der Waals surface area contributed by atoms with Crippen molar-refractivity contribution in [3.63, 3.8) is 0 Å². The van der Waals surface area contributed by atoms with Crippen molar-refractivity contribution >= 4 is 27.7 Å². The molecule has 0 aromatic carbocycles. The summed E-state index contributed by atoms with van der Waals surface area (Å²) in [4.78, 5) is 6.60. The highest BCUT2D eigenvalue weighted by Gasteiger charge is 2.27. The van der Waals surface area contributed by atoms with Crippen LogP contribution in [-0.4, -0.2) is 80.6 Å². The van der Waals surface area contributed by atoms with Crippen molar-refractivity contribution in [3.8, 4) is 0 Å². The van der Waals surface area contributed by atoms with E-state index in [4.69, 9.17) is 0 Å². The second kappa shape index (κ2) is 9.29. The maximum Gasteiger partial charge on any atom is 0.215 e. The smallest absolute Gasteiger partial charge is 0.215 e. The van der Waals surface area contributed by atoms with Gasteiger partial charge in [0.25, 0.3) is 0 Å². The lowest BCUT2D eigenvalue weighted by Crippen LogP contribution is -2.45. The molecule has 0 aliphatic carbocycles. The lowest BCUT2D eigenvalue weighted by Gasteiger charge is -2.26. The molecule has 2 aliphatic rings. The van der Waals surface area contributed by atoms with Gasteiger partial charge in [-0.2, -0.15) is 11.8 Å². The Balaban J connectivity index is 1.78. The normalized spacial score (nSPS) is 23.9. The zero-order valence-corrected chi connectivity index (χ0v) is 16.8. The molecule has 2 saturated heterocycles. The van der Waals surface area contributed by atoms with E-state index < -0.39 is 10.0 Å². The third kappa shape index (κ3) is 5.81. The fourth-order valence-electron chi connectivity index (χ4n) is 3.46. The summed E-state index contributed by atoms with van der Waals surface area (Å²) in [6.07, 6.45) is 2.44. The maximum absolute atomic E-state index is 12.4. The molecule has 1 atom stereocenters. The predicted molar refractivity (Wildman–Crippen MR) is 103 cm³/mol. The molecule has 0 amide bonds. The summed E-state index contributed by atoms with van der Waals surface area (Å²) in [7, 11) is -1.38. The van der Waals surface area contributed by atoms with Crippen molar-refractivity contribution in [2.75, 3.05) is 57.0 Å². The van der Waals surface area contributed by atoms with E-state index in [2.05, 4.69) is 29.1 Å². The number of guanidine groups is 1. The standard InChI is InChI=1S/C16H32N4O2S2/c1-14(2)12-15-4-6-19(13-15)16(17-3)18-5-11-24(21,22)20-7-9-23-10-8-20/h14-15H,4-13H2,1-3H3,(H,17,18). The van der Waals surface area contributed by atoms with Crippen molar-refractivity contribution in [2.24, 2.45) is 16.8 Å². The van der Waals surface area contributed by atoms with Crippen LogP contribution in [0.25, 0.3) is 0 Å². The van der Waals surface area contributed by atoms with Crippen LogP contribution in [-0.2, 0) is 10.0 Å². The number of thioether (sulfide) groups is 1. The van der Waals surface area contributed by atoms with Crippen molar-refractivity contribution in [1.29, 1.82) is 0 Å². The Labute approximate surface area is 151 Å². The number of sulfonamides is 1. The van der Waals surface area contributed by atoms with E-state index in [0.717, 1.165) is 42.4 Å². The molecular formula is C16H32N4O2S2. The fraction of sp³-hybridized carbons (Fsp3) is 0.938. The molecule has 0 aromatic rings. The van der Waals surface area contributed by atoms with E-state index in [1.165, 1.54) is 12.8 Å². The molecule has 140 valence electrons. The molecule has 24 heavy (non-hydrogen) atoms. The molecule has 0 radical (unpaired) electrons. The summed E-state index contributed by atoms with van der Waals surface area (Å²) < 4.78 is 26.4. The fourth-order valence-corrected chi connectivity index (χ4v) is 5.95. The first-order chi connectivity index (χ1) is 11.4. The van der Waals surface area contributed by atoms with Crippen molar-refractivity contribution in [1.82, 2.24) is 14.5 Å². The predicted octanol–water partition coefficient (Wildman–Crippen LogP) is 1.31. The van der Waals surface area contributed by atoms with Crippen LogP contribution >= 0.6 is 11.8 Å². The van der Waals surface area contributed by atoms with E-state index in [0.29, 0.717) is 19.6 Å². The van der Waals surface area contributed by atoms with Gasteiger partial charge in [-0.3, -0.25) is 4.99 Å². The van der Waals surface area contributed by atoms with E-state index in [1.807, 2.05) is 11.8 Å². The SMILES string of the molecule is CN=C(NCCS(=O)(=O)N1CCSCC1)N1CCC(CC(C)C)C1. The van der Waals surface area contributed by atoms with Crippen LogP contribution < -0.4 is 5.32 Å². The van der Waals surface area contributed by atoms with Crippen LogP contribution in [0, 0.1) is 11.8 Å². The van der Waals surface area contributed by atoms with Gasteiger partial charge < -0.3 is 10.2 Å². The van der Waals surface area contributed by atoms with Crippen LogP contribution in [0.1, 0.15) is 26.7 Å². The topological polar surface area (TPSA) is 65.0 Å². The van der Waals surface area contributed by atoms with Gasteiger partial charge in [0.2, 0.25) is 10.0 Å². The first kappa shape index (κ1) is 19.8. The molecule has 1 unspecified atom stereocenters. The van der Waals surface area contributed by atoms with Gasteiger partial charge in [0.15, 0.2) is 5.96 Å². The molecule has 2 aliphatic heterocycles. The Kier molecular flexibility index (Phi) is 7.68. The maximum atomic E-state index is 12.4. The molecule has 8 heteroatoms. The van der Waals surface area contributed by atoms with E-state index in [-0.39, 0.29) is 5.75 Å². The number of aliphatic imine (C=N–C) groups is 1. The first-order valence-corrected chi connectivity index (χ1v) is 11.7. The number of rotatable bonds is 6. The Bertz CT molecular complexity index is 516. The summed E-state index contributed by atoms with van der Waals surface area (Å²) in [6.45, 7) is 8.26. The molecule has 1 N–H and O–H groups in total. The Morgan fingerprint density at radius 2 is 2.00 bits per heavy atom. The van der Waals surface area contributed by atoms with Gasteiger partial charge in [-0.25, -0.2) is 12.7 Å².